The van der Waals surface area contributed by atoms with Crippen LogP contribution >= 0.6 is 39.1 Å². The smallest absolute Gasteiger partial charge is 0.0755 e. The van der Waals surface area contributed by atoms with Crippen molar-refractivity contribution in [3.8, 4) is 0 Å². The maximum atomic E-state index is 9.55. The van der Waals surface area contributed by atoms with Gasteiger partial charge in [-0.25, -0.2) is 0 Å². The lowest BCUT2D eigenvalue weighted by molar-refractivity contribution is 0.276. The Kier molecular flexibility index (Phi) is 5.11. The Morgan fingerprint density at radius 1 is 1.11 bits per heavy atom. The summed E-state index contributed by atoms with van der Waals surface area (Å²) in [5.74, 6) is 0. The van der Waals surface area contributed by atoms with Crippen molar-refractivity contribution in [2.45, 2.75) is 6.04 Å². The lowest BCUT2D eigenvalue weighted by Crippen LogP contribution is -2.15. The molecule has 2 N–H and O–H groups in total. The Bertz CT molecular complexity index is 577. The highest BCUT2D eigenvalue weighted by Crippen LogP contribution is 2.29. The van der Waals surface area contributed by atoms with Gasteiger partial charge in [-0.05, 0) is 35.9 Å². The normalized spacial score (nSPS) is 12.2. The average molecular weight is 361 g/mol. The molecule has 5 heteroatoms. The Balaban J connectivity index is 2.25. The molecule has 0 saturated heterocycles. The minimum atomic E-state index is -0.231. The molecule has 2 rings (SSSR count). The van der Waals surface area contributed by atoms with Gasteiger partial charge in [-0.2, -0.15) is 0 Å². The first kappa shape index (κ1) is 14.7. The van der Waals surface area contributed by atoms with Crippen molar-refractivity contribution in [3.05, 3.63) is 62.5 Å². The third kappa shape index (κ3) is 3.86. The number of aliphatic hydroxyl groups is 1. The van der Waals surface area contributed by atoms with Gasteiger partial charge in [-0.15, -0.1) is 0 Å². The van der Waals surface area contributed by atoms with Gasteiger partial charge in [0, 0.05) is 20.2 Å². The molecule has 0 aliphatic carbocycles. The quantitative estimate of drug-likeness (QED) is 0.812. The van der Waals surface area contributed by atoms with Crippen LogP contribution in [0.3, 0.4) is 0 Å². The van der Waals surface area contributed by atoms with Crippen LogP contribution in [0.4, 0.5) is 5.69 Å². The summed E-state index contributed by atoms with van der Waals surface area (Å²) in [6, 6.07) is 12.6. The summed E-state index contributed by atoms with van der Waals surface area (Å²) in [4.78, 5) is 0. The molecule has 2 aromatic rings. The maximum absolute atomic E-state index is 9.55. The second-order valence-electron chi connectivity index (χ2n) is 4.06. The molecule has 0 fully saturated rings. The molecule has 0 radical (unpaired) electrons. The highest BCUT2D eigenvalue weighted by Gasteiger charge is 2.13. The standard InChI is InChI=1S/C14H12BrCl2NO/c15-13-7-10(17)4-5-12(13)14(8-19)18-11-3-1-2-9(16)6-11/h1-7,14,18-19H,8H2. The maximum Gasteiger partial charge on any atom is 0.0755 e. The van der Waals surface area contributed by atoms with Crippen molar-refractivity contribution in [2.75, 3.05) is 11.9 Å². The van der Waals surface area contributed by atoms with E-state index in [-0.39, 0.29) is 12.6 Å². The van der Waals surface area contributed by atoms with Gasteiger partial charge in [0.25, 0.3) is 0 Å². The molecule has 2 aromatic carbocycles. The van der Waals surface area contributed by atoms with Crippen molar-refractivity contribution >= 4 is 44.8 Å². The van der Waals surface area contributed by atoms with Crippen LogP contribution in [0.1, 0.15) is 11.6 Å². The van der Waals surface area contributed by atoms with E-state index in [1.54, 1.807) is 18.2 Å². The molecule has 100 valence electrons. The molecule has 1 unspecified atom stereocenters. The van der Waals surface area contributed by atoms with E-state index < -0.39 is 0 Å². The number of aliphatic hydroxyl groups excluding tert-OH is 1. The number of halogens is 3. The topological polar surface area (TPSA) is 32.3 Å². The molecular formula is C14H12BrCl2NO. The van der Waals surface area contributed by atoms with Crippen LogP contribution in [0.15, 0.2) is 46.9 Å². The van der Waals surface area contributed by atoms with Crippen LogP contribution in [-0.2, 0) is 0 Å². The predicted molar refractivity (Wildman–Crippen MR) is 84.1 cm³/mol. The van der Waals surface area contributed by atoms with Crippen LogP contribution in [0, 0.1) is 0 Å². The number of anilines is 1. The lowest BCUT2D eigenvalue weighted by atomic mass is 10.1. The van der Waals surface area contributed by atoms with Crippen molar-refractivity contribution in [1.29, 1.82) is 0 Å². The van der Waals surface area contributed by atoms with E-state index >= 15 is 0 Å². The van der Waals surface area contributed by atoms with Gasteiger partial charge in [0.05, 0.1) is 12.6 Å². The Morgan fingerprint density at radius 2 is 1.84 bits per heavy atom. The van der Waals surface area contributed by atoms with Crippen LogP contribution in [0.2, 0.25) is 10.0 Å². The number of benzene rings is 2. The molecule has 0 aromatic heterocycles. The highest BCUT2D eigenvalue weighted by atomic mass is 79.9. The van der Waals surface area contributed by atoms with Gasteiger partial charge in [-0.1, -0.05) is 51.3 Å². The Labute approximate surface area is 130 Å². The van der Waals surface area contributed by atoms with Crippen molar-refractivity contribution in [3.63, 3.8) is 0 Å². The molecule has 0 aliphatic rings. The van der Waals surface area contributed by atoms with E-state index in [0.717, 1.165) is 15.7 Å². The minimum Gasteiger partial charge on any atom is -0.394 e. The van der Waals surface area contributed by atoms with Crippen molar-refractivity contribution in [2.24, 2.45) is 0 Å². The fourth-order valence-electron chi connectivity index (χ4n) is 1.79. The van der Waals surface area contributed by atoms with Crippen molar-refractivity contribution in [1.82, 2.24) is 0 Å². The first-order valence-electron chi connectivity index (χ1n) is 5.68. The molecule has 0 spiro atoms. The lowest BCUT2D eigenvalue weighted by Gasteiger charge is -2.19. The largest absolute Gasteiger partial charge is 0.394 e. The third-order valence-electron chi connectivity index (χ3n) is 2.69. The van der Waals surface area contributed by atoms with Crippen LogP contribution in [0.25, 0.3) is 0 Å². The molecule has 0 aliphatic heterocycles. The van der Waals surface area contributed by atoms with Gasteiger partial charge in [-0.3, -0.25) is 0 Å². The van der Waals surface area contributed by atoms with Crippen LogP contribution < -0.4 is 5.32 Å². The molecular weight excluding hydrogens is 349 g/mol. The summed E-state index contributed by atoms with van der Waals surface area (Å²) in [7, 11) is 0. The fourth-order valence-corrected chi connectivity index (χ4v) is 2.93. The molecule has 0 saturated carbocycles. The van der Waals surface area contributed by atoms with E-state index in [4.69, 9.17) is 23.2 Å². The van der Waals surface area contributed by atoms with E-state index in [1.165, 1.54) is 0 Å². The number of nitrogens with one attached hydrogen (secondary N) is 1. The molecule has 1 atom stereocenters. The Morgan fingerprint density at radius 3 is 2.47 bits per heavy atom. The Hall–Kier alpha value is -0.740. The molecule has 0 bridgehead atoms. The second kappa shape index (κ2) is 6.62. The molecule has 2 nitrogen and oxygen atoms in total. The summed E-state index contributed by atoms with van der Waals surface area (Å²) >= 11 is 15.3. The first-order chi connectivity index (χ1) is 9.10. The monoisotopic (exact) mass is 359 g/mol. The van der Waals surface area contributed by atoms with Crippen molar-refractivity contribution < 1.29 is 5.11 Å². The fraction of sp³-hybridized carbons (Fsp3) is 0.143. The summed E-state index contributed by atoms with van der Waals surface area (Å²) in [5.41, 5.74) is 1.79. The summed E-state index contributed by atoms with van der Waals surface area (Å²) < 4.78 is 0.855. The third-order valence-corrected chi connectivity index (χ3v) is 3.84. The van der Waals surface area contributed by atoms with E-state index in [2.05, 4.69) is 21.2 Å². The molecule has 19 heavy (non-hydrogen) atoms. The second-order valence-corrected chi connectivity index (χ2v) is 5.78. The first-order valence-corrected chi connectivity index (χ1v) is 7.23. The summed E-state index contributed by atoms with van der Waals surface area (Å²) in [6.07, 6.45) is 0. The SMILES string of the molecule is OCC(Nc1cccc(Cl)c1)c1ccc(Cl)cc1Br. The van der Waals surface area contributed by atoms with E-state index in [1.807, 2.05) is 24.3 Å². The van der Waals surface area contributed by atoms with E-state index in [9.17, 15) is 5.11 Å². The van der Waals surface area contributed by atoms with Gasteiger partial charge in [0.2, 0.25) is 0 Å². The highest BCUT2D eigenvalue weighted by molar-refractivity contribution is 9.10. The van der Waals surface area contributed by atoms with Gasteiger partial charge >= 0.3 is 0 Å². The number of hydrogen-bond acceptors (Lipinski definition) is 2. The number of rotatable bonds is 4. The zero-order valence-corrected chi connectivity index (χ0v) is 13.0. The van der Waals surface area contributed by atoms with E-state index in [0.29, 0.717) is 10.0 Å². The minimum absolute atomic E-state index is 0.0350. The van der Waals surface area contributed by atoms with Crippen LogP contribution in [0.5, 0.6) is 0 Å². The van der Waals surface area contributed by atoms with Gasteiger partial charge < -0.3 is 10.4 Å². The summed E-state index contributed by atoms with van der Waals surface area (Å²) in [5, 5.41) is 14.1. The van der Waals surface area contributed by atoms with Crippen LogP contribution in [-0.4, -0.2) is 11.7 Å². The zero-order valence-electron chi connectivity index (χ0n) is 9.91. The number of hydrogen-bond donors (Lipinski definition) is 2. The predicted octanol–water partition coefficient (Wildman–Crippen LogP) is 4.90. The zero-order chi connectivity index (χ0) is 13.8. The van der Waals surface area contributed by atoms with Gasteiger partial charge in [0.15, 0.2) is 0 Å². The summed E-state index contributed by atoms with van der Waals surface area (Å²) in [6.45, 7) is -0.0350. The molecule has 0 amide bonds. The molecule has 0 heterocycles. The average Bonchev–Trinajstić information content (AvgIpc) is 2.37. The van der Waals surface area contributed by atoms with Gasteiger partial charge in [0.1, 0.15) is 0 Å².